The second-order valence-electron chi connectivity index (χ2n) is 4.36. The van der Waals surface area contributed by atoms with E-state index in [0.717, 1.165) is 24.6 Å². The normalized spacial score (nSPS) is 14.7. The summed E-state index contributed by atoms with van der Waals surface area (Å²) in [6.07, 6.45) is 4.99. The fourth-order valence-corrected chi connectivity index (χ4v) is 1.95. The Balaban J connectivity index is 3.57. The number of alkyl halides is 1. The van der Waals surface area contributed by atoms with Crippen molar-refractivity contribution in [2.75, 3.05) is 5.33 Å². The number of rotatable bonds is 8. The molecule has 0 aromatic rings. The summed E-state index contributed by atoms with van der Waals surface area (Å²) < 4.78 is 0. The number of unbranched alkanes of at least 4 members (excludes halogenated alkanes) is 1. The van der Waals surface area contributed by atoms with E-state index in [9.17, 15) is 4.79 Å². The molecule has 1 amide bonds. The lowest BCUT2D eigenvalue weighted by Gasteiger charge is -2.17. The highest BCUT2D eigenvalue weighted by atomic mass is 79.9. The SMILES string of the molecule is CCC(C)CC(C)NC(=O)CCCCBr. The van der Waals surface area contributed by atoms with Gasteiger partial charge in [-0.1, -0.05) is 36.2 Å². The van der Waals surface area contributed by atoms with Crippen LogP contribution < -0.4 is 5.32 Å². The van der Waals surface area contributed by atoms with Gasteiger partial charge in [0.15, 0.2) is 0 Å². The predicted molar refractivity (Wildman–Crippen MR) is 69.3 cm³/mol. The summed E-state index contributed by atoms with van der Waals surface area (Å²) >= 11 is 3.36. The first kappa shape index (κ1) is 14.9. The molecule has 15 heavy (non-hydrogen) atoms. The van der Waals surface area contributed by atoms with Crippen LogP contribution in [-0.4, -0.2) is 17.3 Å². The molecule has 3 heteroatoms. The molecule has 0 aromatic heterocycles. The minimum Gasteiger partial charge on any atom is -0.354 e. The molecule has 0 saturated carbocycles. The van der Waals surface area contributed by atoms with Gasteiger partial charge in [0.1, 0.15) is 0 Å². The molecule has 2 unspecified atom stereocenters. The van der Waals surface area contributed by atoms with Gasteiger partial charge in [-0.15, -0.1) is 0 Å². The van der Waals surface area contributed by atoms with E-state index in [-0.39, 0.29) is 5.91 Å². The molecule has 1 N–H and O–H groups in total. The Bertz CT molecular complexity index is 173. The maximum atomic E-state index is 11.5. The Morgan fingerprint density at radius 1 is 1.33 bits per heavy atom. The van der Waals surface area contributed by atoms with Gasteiger partial charge in [-0.25, -0.2) is 0 Å². The Morgan fingerprint density at radius 3 is 2.53 bits per heavy atom. The van der Waals surface area contributed by atoms with Crippen molar-refractivity contribution in [1.82, 2.24) is 5.32 Å². The average Bonchev–Trinajstić information content (AvgIpc) is 2.17. The van der Waals surface area contributed by atoms with Crippen molar-refractivity contribution >= 4 is 21.8 Å². The minimum atomic E-state index is 0.201. The van der Waals surface area contributed by atoms with Gasteiger partial charge in [0.25, 0.3) is 0 Å². The third-order valence-electron chi connectivity index (χ3n) is 2.65. The molecule has 0 saturated heterocycles. The number of amides is 1. The van der Waals surface area contributed by atoms with Gasteiger partial charge in [-0.3, -0.25) is 4.79 Å². The molecule has 0 bridgehead atoms. The zero-order valence-electron chi connectivity index (χ0n) is 10.2. The average molecular weight is 278 g/mol. The van der Waals surface area contributed by atoms with Crippen LogP contribution in [0.4, 0.5) is 0 Å². The maximum absolute atomic E-state index is 11.5. The van der Waals surface area contributed by atoms with Gasteiger partial charge >= 0.3 is 0 Å². The molecule has 0 aliphatic carbocycles. The summed E-state index contributed by atoms with van der Waals surface area (Å²) in [6, 6.07) is 0.316. The van der Waals surface area contributed by atoms with Crippen molar-refractivity contribution in [3.8, 4) is 0 Å². The predicted octanol–water partition coefficient (Wildman–Crippen LogP) is 3.49. The zero-order chi connectivity index (χ0) is 11.7. The van der Waals surface area contributed by atoms with E-state index in [1.807, 2.05) is 0 Å². The molecule has 0 rings (SSSR count). The van der Waals surface area contributed by atoms with Crippen LogP contribution in [0.1, 0.15) is 52.9 Å². The van der Waals surface area contributed by atoms with Crippen LogP contribution in [0.3, 0.4) is 0 Å². The second-order valence-corrected chi connectivity index (χ2v) is 5.16. The van der Waals surface area contributed by atoms with Crippen molar-refractivity contribution in [1.29, 1.82) is 0 Å². The van der Waals surface area contributed by atoms with Crippen molar-refractivity contribution in [3.05, 3.63) is 0 Å². The number of hydrogen-bond acceptors (Lipinski definition) is 1. The lowest BCUT2D eigenvalue weighted by molar-refractivity contribution is -0.121. The van der Waals surface area contributed by atoms with Crippen molar-refractivity contribution in [2.45, 2.75) is 58.9 Å². The van der Waals surface area contributed by atoms with E-state index >= 15 is 0 Å². The van der Waals surface area contributed by atoms with Crippen molar-refractivity contribution in [3.63, 3.8) is 0 Å². The van der Waals surface area contributed by atoms with E-state index < -0.39 is 0 Å². The molecular formula is C12H24BrNO. The summed E-state index contributed by atoms with van der Waals surface area (Å²) in [4.78, 5) is 11.5. The van der Waals surface area contributed by atoms with Crippen molar-refractivity contribution < 1.29 is 4.79 Å². The molecule has 2 atom stereocenters. The molecular weight excluding hydrogens is 254 g/mol. The van der Waals surface area contributed by atoms with Gasteiger partial charge in [-0.2, -0.15) is 0 Å². The Labute approximate surface area is 102 Å². The molecule has 0 aromatic carbocycles. The quantitative estimate of drug-likeness (QED) is 0.534. The van der Waals surface area contributed by atoms with E-state index in [4.69, 9.17) is 0 Å². The monoisotopic (exact) mass is 277 g/mol. The molecule has 0 fully saturated rings. The van der Waals surface area contributed by atoms with Crippen LogP contribution in [0.25, 0.3) is 0 Å². The largest absolute Gasteiger partial charge is 0.354 e. The highest BCUT2D eigenvalue weighted by Crippen LogP contribution is 2.09. The summed E-state index contributed by atoms with van der Waals surface area (Å²) in [5.41, 5.74) is 0. The Hall–Kier alpha value is -0.0500. The van der Waals surface area contributed by atoms with Crippen molar-refractivity contribution in [2.24, 2.45) is 5.92 Å². The highest BCUT2D eigenvalue weighted by Gasteiger charge is 2.09. The highest BCUT2D eigenvalue weighted by molar-refractivity contribution is 9.09. The van der Waals surface area contributed by atoms with Crippen LogP contribution in [0.15, 0.2) is 0 Å². The van der Waals surface area contributed by atoms with Crippen LogP contribution in [0.2, 0.25) is 0 Å². The number of carbonyl (C=O) groups is 1. The third-order valence-corrected chi connectivity index (χ3v) is 3.21. The summed E-state index contributed by atoms with van der Waals surface area (Å²) in [5, 5.41) is 4.04. The molecule has 90 valence electrons. The maximum Gasteiger partial charge on any atom is 0.220 e. The Morgan fingerprint density at radius 2 is 2.00 bits per heavy atom. The molecule has 0 aliphatic rings. The van der Waals surface area contributed by atoms with E-state index in [1.54, 1.807) is 0 Å². The van der Waals surface area contributed by atoms with Gasteiger partial charge in [-0.05, 0) is 32.1 Å². The van der Waals surface area contributed by atoms with Crippen LogP contribution in [-0.2, 0) is 4.79 Å². The smallest absolute Gasteiger partial charge is 0.220 e. The lowest BCUT2D eigenvalue weighted by atomic mass is 10.0. The summed E-state index contributed by atoms with van der Waals surface area (Å²) in [5.74, 6) is 0.898. The zero-order valence-corrected chi connectivity index (χ0v) is 11.8. The molecule has 2 nitrogen and oxygen atoms in total. The lowest BCUT2D eigenvalue weighted by Crippen LogP contribution is -2.33. The molecule has 0 heterocycles. The topological polar surface area (TPSA) is 29.1 Å². The van der Waals surface area contributed by atoms with Gasteiger partial charge < -0.3 is 5.32 Å². The minimum absolute atomic E-state index is 0.201. The number of nitrogens with one attached hydrogen (secondary N) is 1. The van der Waals surface area contributed by atoms with Crippen LogP contribution in [0, 0.1) is 5.92 Å². The van der Waals surface area contributed by atoms with E-state index in [0.29, 0.717) is 18.4 Å². The first-order valence-electron chi connectivity index (χ1n) is 5.95. The Kier molecular flexibility index (Phi) is 9.17. The number of hydrogen-bond donors (Lipinski definition) is 1. The number of halogens is 1. The van der Waals surface area contributed by atoms with E-state index in [1.165, 1.54) is 6.42 Å². The van der Waals surface area contributed by atoms with Crippen LogP contribution >= 0.6 is 15.9 Å². The third kappa shape index (κ3) is 8.91. The van der Waals surface area contributed by atoms with Gasteiger partial charge in [0.2, 0.25) is 5.91 Å². The van der Waals surface area contributed by atoms with Gasteiger partial charge in [0, 0.05) is 17.8 Å². The number of carbonyl (C=O) groups excluding carboxylic acids is 1. The summed E-state index contributed by atoms with van der Waals surface area (Å²) in [7, 11) is 0. The standard InChI is InChI=1S/C12H24BrNO/c1-4-10(2)9-11(3)14-12(15)7-5-6-8-13/h10-11H,4-9H2,1-3H3,(H,14,15). The first-order valence-corrected chi connectivity index (χ1v) is 7.07. The molecule has 0 spiro atoms. The molecule has 0 aliphatic heterocycles. The van der Waals surface area contributed by atoms with E-state index in [2.05, 4.69) is 42.0 Å². The fourth-order valence-electron chi connectivity index (χ4n) is 1.56. The first-order chi connectivity index (χ1) is 7.10. The fraction of sp³-hybridized carbons (Fsp3) is 0.917. The van der Waals surface area contributed by atoms with Crippen LogP contribution in [0.5, 0.6) is 0 Å². The molecule has 0 radical (unpaired) electrons. The van der Waals surface area contributed by atoms with Gasteiger partial charge in [0.05, 0.1) is 0 Å². The summed E-state index contributed by atoms with van der Waals surface area (Å²) in [6.45, 7) is 6.51. The second kappa shape index (κ2) is 9.20.